The molecule has 0 aliphatic carbocycles. The Morgan fingerprint density at radius 2 is 0.607 bits per heavy atom. The van der Waals surface area contributed by atoms with Crippen molar-refractivity contribution in [2.75, 3.05) is 13.2 Å². The minimum atomic E-state index is -0.774. The van der Waals surface area contributed by atoms with E-state index in [0.29, 0.717) is 19.3 Å². The second kappa shape index (κ2) is 50.3. The molecular formula is C55H100O6. The molecule has 0 radical (unpaired) electrons. The van der Waals surface area contributed by atoms with Crippen molar-refractivity contribution in [2.45, 2.75) is 284 Å². The molecule has 0 aliphatic rings. The average Bonchev–Trinajstić information content (AvgIpc) is 3.26. The Hall–Kier alpha value is -2.37. The van der Waals surface area contributed by atoms with Gasteiger partial charge in [-0.2, -0.15) is 0 Å². The van der Waals surface area contributed by atoms with Gasteiger partial charge in [-0.3, -0.25) is 14.4 Å². The second-order valence-electron chi connectivity index (χ2n) is 17.8. The van der Waals surface area contributed by atoms with Crippen LogP contribution in [0.3, 0.4) is 0 Å². The van der Waals surface area contributed by atoms with Gasteiger partial charge >= 0.3 is 17.9 Å². The highest BCUT2D eigenvalue weighted by Gasteiger charge is 2.19. The van der Waals surface area contributed by atoms with Gasteiger partial charge in [-0.25, -0.2) is 0 Å². The van der Waals surface area contributed by atoms with Crippen molar-refractivity contribution in [1.82, 2.24) is 0 Å². The number of allylic oxidation sites excluding steroid dienone is 6. The smallest absolute Gasteiger partial charge is 0.306 e. The summed E-state index contributed by atoms with van der Waals surface area (Å²) in [5, 5.41) is 0. The molecule has 0 bridgehead atoms. The van der Waals surface area contributed by atoms with Crippen LogP contribution in [-0.4, -0.2) is 37.2 Å². The molecule has 0 aromatic heterocycles. The zero-order valence-corrected chi connectivity index (χ0v) is 40.7. The van der Waals surface area contributed by atoms with E-state index < -0.39 is 6.10 Å². The van der Waals surface area contributed by atoms with Crippen LogP contribution < -0.4 is 0 Å². The summed E-state index contributed by atoms with van der Waals surface area (Å²) in [5.74, 6) is -0.893. The Morgan fingerprint density at radius 1 is 0.328 bits per heavy atom. The first-order valence-electron chi connectivity index (χ1n) is 26.5. The van der Waals surface area contributed by atoms with Crippen LogP contribution in [0.1, 0.15) is 278 Å². The highest BCUT2D eigenvalue weighted by Crippen LogP contribution is 2.15. The fourth-order valence-electron chi connectivity index (χ4n) is 7.57. The van der Waals surface area contributed by atoms with Gasteiger partial charge in [-0.05, 0) is 70.6 Å². The van der Waals surface area contributed by atoms with Gasteiger partial charge in [0.15, 0.2) is 6.10 Å². The van der Waals surface area contributed by atoms with Crippen molar-refractivity contribution in [3.63, 3.8) is 0 Å². The summed E-state index contributed by atoms with van der Waals surface area (Å²) in [5.41, 5.74) is 0. The molecule has 356 valence electrons. The van der Waals surface area contributed by atoms with E-state index in [1.165, 1.54) is 154 Å². The van der Waals surface area contributed by atoms with Crippen LogP contribution >= 0.6 is 0 Å². The van der Waals surface area contributed by atoms with Gasteiger partial charge in [0.1, 0.15) is 13.2 Å². The van der Waals surface area contributed by atoms with Crippen LogP contribution in [0.4, 0.5) is 0 Å². The summed E-state index contributed by atoms with van der Waals surface area (Å²) in [6, 6.07) is 0. The SMILES string of the molecule is CCCC/C=C\C/C=C\CCCCCCCC(=O)OC(COC(=O)CCCCCCCC)COC(=O)CCCCCCCCCCCCC/C=C\CCCCCCCCCC. The lowest BCUT2D eigenvalue weighted by Crippen LogP contribution is -2.30. The number of carbonyl (C=O) groups is 3. The Morgan fingerprint density at radius 3 is 0.967 bits per heavy atom. The number of rotatable bonds is 48. The van der Waals surface area contributed by atoms with E-state index in [0.717, 1.165) is 83.5 Å². The van der Waals surface area contributed by atoms with Gasteiger partial charge in [-0.1, -0.05) is 224 Å². The average molecular weight is 857 g/mol. The summed E-state index contributed by atoms with van der Waals surface area (Å²) < 4.78 is 16.7. The maximum atomic E-state index is 12.7. The molecule has 0 aromatic rings. The number of carbonyl (C=O) groups excluding carboxylic acids is 3. The summed E-state index contributed by atoms with van der Waals surface area (Å²) in [4.78, 5) is 37.7. The lowest BCUT2D eigenvalue weighted by Gasteiger charge is -2.18. The summed E-state index contributed by atoms with van der Waals surface area (Å²) >= 11 is 0. The molecule has 0 saturated carbocycles. The number of hydrogen-bond donors (Lipinski definition) is 0. The van der Waals surface area contributed by atoms with Crippen LogP contribution in [-0.2, 0) is 28.6 Å². The standard InChI is InChI=1S/C55H100O6/c1-4-7-10-13-16-18-20-22-24-25-26-27-28-29-30-31-32-34-35-37-39-42-45-48-54(57)60-51-52(50-59-53(56)47-44-41-15-12-9-6-3)61-55(58)49-46-43-40-38-36-33-23-21-19-17-14-11-8-5-2/h14,17,21,23,25-26,52H,4-13,15-16,18-20,22,24,27-51H2,1-3H3/b17-14-,23-21-,26-25-. The lowest BCUT2D eigenvalue weighted by atomic mass is 10.0. The van der Waals surface area contributed by atoms with Gasteiger partial charge in [-0.15, -0.1) is 0 Å². The maximum absolute atomic E-state index is 12.7. The van der Waals surface area contributed by atoms with Gasteiger partial charge in [0, 0.05) is 19.3 Å². The summed E-state index contributed by atoms with van der Waals surface area (Å²) in [6.07, 6.45) is 58.8. The third-order valence-corrected chi connectivity index (χ3v) is 11.6. The van der Waals surface area contributed by atoms with E-state index >= 15 is 0 Å². The molecule has 0 N–H and O–H groups in total. The Balaban J connectivity index is 4.12. The molecule has 0 aromatic carbocycles. The largest absolute Gasteiger partial charge is 0.462 e. The molecule has 0 heterocycles. The quantitative estimate of drug-likeness (QED) is 0.0262. The Bertz CT molecular complexity index is 1030. The minimum absolute atomic E-state index is 0.0764. The zero-order chi connectivity index (χ0) is 44.4. The normalized spacial score (nSPS) is 12.2. The minimum Gasteiger partial charge on any atom is -0.462 e. The van der Waals surface area contributed by atoms with Crippen LogP contribution in [0.5, 0.6) is 0 Å². The topological polar surface area (TPSA) is 78.9 Å². The Kier molecular flexibility index (Phi) is 48.3. The molecule has 6 nitrogen and oxygen atoms in total. The molecule has 6 heteroatoms. The molecule has 0 spiro atoms. The molecule has 0 fully saturated rings. The predicted molar refractivity (Wildman–Crippen MR) is 261 cm³/mol. The van der Waals surface area contributed by atoms with Crippen molar-refractivity contribution in [2.24, 2.45) is 0 Å². The van der Waals surface area contributed by atoms with Crippen LogP contribution in [0, 0.1) is 0 Å². The molecule has 61 heavy (non-hydrogen) atoms. The highest BCUT2D eigenvalue weighted by atomic mass is 16.6. The monoisotopic (exact) mass is 857 g/mol. The molecule has 0 saturated heterocycles. The van der Waals surface area contributed by atoms with Crippen LogP contribution in [0.15, 0.2) is 36.5 Å². The fourth-order valence-corrected chi connectivity index (χ4v) is 7.57. The van der Waals surface area contributed by atoms with Crippen molar-refractivity contribution < 1.29 is 28.6 Å². The highest BCUT2D eigenvalue weighted by molar-refractivity contribution is 5.71. The molecule has 0 amide bonds. The number of hydrogen-bond acceptors (Lipinski definition) is 6. The third kappa shape index (κ3) is 48.5. The lowest BCUT2D eigenvalue weighted by molar-refractivity contribution is -0.167. The van der Waals surface area contributed by atoms with Crippen LogP contribution in [0.2, 0.25) is 0 Å². The zero-order valence-electron chi connectivity index (χ0n) is 40.7. The van der Waals surface area contributed by atoms with Crippen LogP contribution in [0.25, 0.3) is 0 Å². The van der Waals surface area contributed by atoms with E-state index in [9.17, 15) is 14.4 Å². The first kappa shape index (κ1) is 58.6. The summed E-state index contributed by atoms with van der Waals surface area (Å²) in [6.45, 7) is 6.54. The van der Waals surface area contributed by atoms with Gasteiger partial charge < -0.3 is 14.2 Å². The summed E-state index contributed by atoms with van der Waals surface area (Å²) in [7, 11) is 0. The van der Waals surface area contributed by atoms with Gasteiger partial charge in [0.05, 0.1) is 0 Å². The fraction of sp³-hybridized carbons (Fsp3) is 0.836. The second-order valence-corrected chi connectivity index (χ2v) is 17.8. The van der Waals surface area contributed by atoms with Crippen molar-refractivity contribution >= 4 is 17.9 Å². The predicted octanol–water partition coefficient (Wildman–Crippen LogP) is 17.3. The van der Waals surface area contributed by atoms with Crippen molar-refractivity contribution in [3.8, 4) is 0 Å². The molecule has 1 unspecified atom stereocenters. The van der Waals surface area contributed by atoms with Crippen molar-refractivity contribution in [3.05, 3.63) is 36.5 Å². The molecular weight excluding hydrogens is 757 g/mol. The number of ether oxygens (including phenoxy) is 3. The van der Waals surface area contributed by atoms with E-state index in [2.05, 4.69) is 57.2 Å². The first-order chi connectivity index (χ1) is 30.0. The van der Waals surface area contributed by atoms with E-state index in [1.54, 1.807) is 0 Å². The molecule has 1 atom stereocenters. The third-order valence-electron chi connectivity index (χ3n) is 11.6. The first-order valence-corrected chi connectivity index (χ1v) is 26.5. The van der Waals surface area contributed by atoms with E-state index in [1.807, 2.05) is 0 Å². The van der Waals surface area contributed by atoms with E-state index in [4.69, 9.17) is 14.2 Å². The maximum Gasteiger partial charge on any atom is 0.306 e. The van der Waals surface area contributed by atoms with Crippen molar-refractivity contribution in [1.29, 1.82) is 0 Å². The Labute approximate surface area is 378 Å². The molecule has 0 aliphatic heterocycles. The van der Waals surface area contributed by atoms with Gasteiger partial charge in [0.2, 0.25) is 0 Å². The van der Waals surface area contributed by atoms with Gasteiger partial charge in [0.25, 0.3) is 0 Å². The number of unbranched alkanes of at least 4 members (excludes halogenated alkanes) is 31. The van der Waals surface area contributed by atoms with E-state index in [-0.39, 0.29) is 31.1 Å². The number of esters is 3. The molecule has 0 rings (SSSR count).